The van der Waals surface area contributed by atoms with E-state index in [1.54, 1.807) is 0 Å². The Bertz CT molecular complexity index is 566. The molecule has 0 aliphatic carbocycles. The van der Waals surface area contributed by atoms with Gasteiger partial charge in [0, 0.05) is 5.56 Å². The third-order valence-corrected chi connectivity index (χ3v) is 2.78. The van der Waals surface area contributed by atoms with Crippen LogP contribution in [0.3, 0.4) is 0 Å². The van der Waals surface area contributed by atoms with Crippen LogP contribution in [0.5, 0.6) is 5.75 Å². The topological polar surface area (TPSA) is 35.2 Å². The van der Waals surface area contributed by atoms with Crippen LogP contribution in [0, 0.1) is 11.6 Å². The minimum Gasteiger partial charge on any atom is -0.435 e. The van der Waals surface area contributed by atoms with Crippen molar-refractivity contribution in [3.8, 4) is 5.75 Å². The first kappa shape index (κ1) is 14.3. The molecule has 2 rings (SSSR count). The summed E-state index contributed by atoms with van der Waals surface area (Å²) in [5, 5.41) is 0. The molecular formula is C14H11F4NO. The molecule has 2 aromatic carbocycles. The van der Waals surface area contributed by atoms with Crippen molar-refractivity contribution in [3.63, 3.8) is 0 Å². The lowest BCUT2D eigenvalue weighted by Gasteiger charge is -2.15. The van der Waals surface area contributed by atoms with Gasteiger partial charge >= 0.3 is 6.61 Å². The zero-order valence-corrected chi connectivity index (χ0v) is 10.2. The highest BCUT2D eigenvalue weighted by atomic mass is 19.3. The van der Waals surface area contributed by atoms with Crippen LogP contribution in [0.4, 0.5) is 17.6 Å². The van der Waals surface area contributed by atoms with E-state index in [1.807, 2.05) is 0 Å². The van der Waals surface area contributed by atoms with Crippen LogP contribution in [0.15, 0.2) is 42.5 Å². The van der Waals surface area contributed by atoms with E-state index in [1.165, 1.54) is 30.3 Å². The predicted molar refractivity (Wildman–Crippen MR) is 65.5 cm³/mol. The second kappa shape index (κ2) is 5.92. The third-order valence-electron chi connectivity index (χ3n) is 2.78. The molecule has 106 valence electrons. The highest BCUT2D eigenvalue weighted by Gasteiger charge is 2.18. The summed E-state index contributed by atoms with van der Waals surface area (Å²) in [6.45, 7) is -2.93. The van der Waals surface area contributed by atoms with Crippen molar-refractivity contribution >= 4 is 0 Å². The van der Waals surface area contributed by atoms with Crippen molar-refractivity contribution in [3.05, 3.63) is 65.2 Å². The van der Waals surface area contributed by atoms with E-state index in [0.29, 0.717) is 5.56 Å². The van der Waals surface area contributed by atoms with Gasteiger partial charge in [-0.2, -0.15) is 8.78 Å². The minimum atomic E-state index is -2.93. The molecule has 0 bridgehead atoms. The summed E-state index contributed by atoms with van der Waals surface area (Å²) >= 11 is 0. The van der Waals surface area contributed by atoms with Gasteiger partial charge in [0.05, 0.1) is 6.04 Å². The number of nitrogens with two attached hydrogens (primary N) is 1. The highest BCUT2D eigenvalue weighted by molar-refractivity contribution is 5.36. The summed E-state index contributed by atoms with van der Waals surface area (Å²) in [6, 6.07) is 7.71. The minimum absolute atomic E-state index is 0.0510. The van der Waals surface area contributed by atoms with Crippen LogP contribution in [0.2, 0.25) is 0 Å². The van der Waals surface area contributed by atoms with Gasteiger partial charge in [-0.15, -0.1) is 0 Å². The number of benzene rings is 2. The van der Waals surface area contributed by atoms with E-state index in [2.05, 4.69) is 4.74 Å². The quantitative estimate of drug-likeness (QED) is 0.871. The standard InChI is InChI=1S/C14H11F4NO/c15-10-2-1-3-11(16)12(10)13(19)8-4-6-9(7-5-8)20-14(17)18/h1-7,13-14H,19H2. The lowest BCUT2D eigenvalue weighted by atomic mass is 9.98. The molecule has 0 aromatic heterocycles. The molecule has 1 unspecified atom stereocenters. The smallest absolute Gasteiger partial charge is 0.387 e. The molecular weight excluding hydrogens is 274 g/mol. The largest absolute Gasteiger partial charge is 0.435 e. The van der Waals surface area contributed by atoms with E-state index in [0.717, 1.165) is 12.1 Å². The lowest BCUT2D eigenvalue weighted by Crippen LogP contribution is -2.15. The Morgan fingerprint density at radius 3 is 1.95 bits per heavy atom. The molecule has 0 spiro atoms. The summed E-state index contributed by atoms with van der Waals surface area (Å²) in [7, 11) is 0. The van der Waals surface area contributed by atoms with E-state index in [9.17, 15) is 17.6 Å². The van der Waals surface area contributed by atoms with Gasteiger partial charge in [-0.05, 0) is 29.8 Å². The Kier molecular flexibility index (Phi) is 4.24. The molecule has 0 radical (unpaired) electrons. The molecule has 20 heavy (non-hydrogen) atoms. The predicted octanol–water partition coefficient (Wildman–Crippen LogP) is 3.61. The first-order valence-electron chi connectivity index (χ1n) is 5.73. The summed E-state index contributed by atoms with van der Waals surface area (Å²) in [5.74, 6) is -1.57. The van der Waals surface area contributed by atoms with Gasteiger partial charge in [-0.25, -0.2) is 8.78 Å². The Balaban J connectivity index is 2.27. The fourth-order valence-corrected chi connectivity index (χ4v) is 1.83. The fraction of sp³-hybridized carbons (Fsp3) is 0.143. The molecule has 0 amide bonds. The normalized spacial score (nSPS) is 12.5. The first-order valence-corrected chi connectivity index (χ1v) is 5.73. The molecule has 0 fully saturated rings. The van der Waals surface area contributed by atoms with E-state index in [4.69, 9.17) is 5.73 Å². The maximum Gasteiger partial charge on any atom is 0.387 e. The van der Waals surface area contributed by atoms with Gasteiger partial charge in [0.1, 0.15) is 17.4 Å². The zero-order valence-electron chi connectivity index (χ0n) is 10.2. The van der Waals surface area contributed by atoms with Gasteiger partial charge in [-0.3, -0.25) is 0 Å². The van der Waals surface area contributed by atoms with Crippen LogP contribution in [0.1, 0.15) is 17.2 Å². The summed E-state index contributed by atoms with van der Waals surface area (Å²) < 4.78 is 55.4. The van der Waals surface area contributed by atoms with Crippen molar-refractivity contribution < 1.29 is 22.3 Å². The average Bonchev–Trinajstić information content (AvgIpc) is 2.38. The van der Waals surface area contributed by atoms with Gasteiger partial charge < -0.3 is 10.5 Å². The molecule has 2 nitrogen and oxygen atoms in total. The van der Waals surface area contributed by atoms with Crippen LogP contribution < -0.4 is 10.5 Å². The Morgan fingerprint density at radius 2 is 1.45 bits per heavy atom. The van der Waals surface area contributed by atoms with Crippen molar-refractivity contribution in [2.24, 2.45) is 5.73 Å². The van der Waals surface area contributed by atoms with Crippen molar-refractivity contribution in [1.82, 2.24) is 0 Å². The van der Waals surface area contributed by atoms with E-state index >= 15 is 0 Å². The van der Waals surface area contributed by atoms with Crippen LogP contribution in [-0.4, -0.2) is 6.61 Å². The van der Waals surface area contributed by atoms with Crippen molar-refractivity contribution in [2.45, 2.75) is 12.7 Å². The lowest BCUT2D eigenvalue weighted by molar-refractivity contribution is -0.0498. The maximum absolute atomic E-state index is 13.6. The maximum atomic E-state index is 13.6. The second-order valence-corrected chi connectivity index (χ2v) is 4.06. The summed E-state index contributed by atoms with van der Waals surface area (Å²) in [4.78, 5) is 0. The molecule has 2 N–H and O–H groups in total. The number of ether oxygens (including phenoxy) is 1. The van der Waals surface area contributed by atoms with E-state index in [-0.39, 0.29) is 11.3 Å². The Hall–Kier alpha value is -2.08. The Morgan fingerprint density at radius 1 is 0.900 bits per heavy atom. The van der Waals surface area contributed by atoms with Crippen LogP contribution >= 0.6 is 0 Å². The number of rotatable bonds is 4. The van der Waals surface area contributed by atoms with Gasteiger partial charge in [0.2, 0.25) is 0 Å². The van der Waals surface area contributed by atoms with Gasteiger partial charge in [-0.1, -0.05) is 18.2 Å². The van der Waals surface area contributed by atoms with Crippen LogP contribution in [-0.2, 0) is 0 Å². The molecule has 0 aliphatic rings. The number of alkyl halides is 2. The second-order valence-electron chi connectivity index (χ2n) is 4.06. The van der Waals surface area contributed by atoms with Crippen molar-refractivity contribution in [1.29, 1.82) is 0 Å². The molecule has 1 atom stereocenters. The first-order chi connectivity index (χ1) is 9.49. The van der Waals surface area contributed by atoms with Crippen molar-refractivity contribution in [2.75, 3.05) is 0 Å². The SMILES string of the molecule is NC(c1ccc(OC(F)F)cc1)c1c(F)cccc1F. The molecule has 0 saturated carbocycles. The highest BCUT2D eigenvalue weighted by Crippen LogP contribution is 2.26. The summed E-state index contributed by atoms with van der Waals surface area (Å²) in [6.07, 6.45) is 0. The zero-order chi connectivity index (χ0) is 14.7. The molecule has 0 aliphatic heterocycles. The molecule has 6 heteroatoms. The third kappa shape index (κ3) is 3.08. The van der Waals surface area contributed by atoms with E-state index < -0.39 is 24.3 Å². The van der Waals surface area contributed by atoms with Gasteiger partial charge in [0.25, 0.3) is 0 Å². The molecule has 0 saturated heterocycles. The fourth-order valence-electron chi connectivity index (χ4n) is 1.83. The summed E-state index contributed by atoms with van der Waals surface area (Å²) in [5.41, 5.74) is 5.92. The van der Waals surface area contributed by atoms with Gasteiger partial charge in [0.15, 0.2) is 0 Å². The number of hydrogen-bond donors (Lipinski definition) is 1. The Labute approximate surface area is 112 Å². The number of halogens is 4. The average molecular weight is 285 g/mol. The molecule has 2 aromatic rings. The monoisotopic (exact) mass is 285 g/mol. The van der Waals surface area contributed by atoms with Crippen LogP contribution in [0.25, 0.3) is 0 Å². The number of hydrogen-bond acceptors (Lipinski definition) is 2. The molecule has 0 heterocycles.